The molecule has 1 rings (SSSR count). The molecule has 0 saturated heterocycles. The van der Waals surface area contributed by atoms with E-state index in [1.807, 2.05) is 13.8 Å². The highest BCUT2D eigenvalue weighted by atomic mass is 16.2. The number of allylic oxidation sites excluding steroid dienone is 1. The highest BCUT2D eigenvalue weighted by Gasteiger charge is 2.08. The van der Waals surface area contributed by atoms with E-state index in [4.69, 9.17) is 5.73 Å². The van der Waals surface area contributed by atoms with Gasteiger partial charge in [0.05, 0.1) is 11.3 Å². The number of anilines is 1. The van der Waals surface area contributed by atoms with Crippen LogP contribution >= 0.6 is 0 Å². The standard InChI is InChI=1S/C13H17N3O2/c1-3-9(2)8-15-13(18)16-11-7-5-4-6-10(11)12(14)17/h4-8H,3H2,1-2H3,(H2,14,17)(H2,15,16,18)/b9-8+. The molecule has 0 unspecified atom stereocenters. The Labute approximate surface area is 106 Å². The summed E-state index contributed by atoms with van der Waals surface area (Å²) in [6, 6.07) is 6.18. The lowest BCUT2D eigenvalue weighted by atomic mass is 10.1. The molecule has 0 aliphatic heterocycles. The van der Waals surface area contributed by atoms with Gasteiger partial charge in [-0.3, -0.25) is 4.79 Å². The number of para-hydroxylation sites is 1. The van der Waals surface area contributed by atoms with Crippen LogP contribution in [0, 0.1) is 0 Å². The lowest BCUT2D eigenvalue weighted by molar-refractivity contribution is 0.100. The van der Waals surface area contributed by atoms with Gasteiger partial charge in [0.2, 0.25) is 0 Å². The molecule has 0 radical (unpaired) electrons. The third-order valence-corrected chi connectivity index (χ3v) is 2.45. The molecule has 0 fully saturated rings. The fourth-order valence-corrected chi connectivity index (χ4v) is 1.26. The van der Waals surface area contributed by atoms with Crippen LogP contribution in [-0.2, 0) is 0 Å². The first-order valence-corrected chi connectivity index (χ1v) is 5.66. The third-order valence-electron chi connectivity index (χ3n) is 2.45. The average molecular weight is 247 g/mol. The van der Waals surface area contributed by atoms with Crippen LogP contribution in [0.25, 0.3) is 0 Å². The average Bonchev–Trinajstić information content (AvgIpc) is 2.36. The minimum atomic E-state index is -0.578. The van der Waals surface area contributed by atoms with Crippen LogP contribution in [0.15, 0.2) is 36.0 Å². The molecule has 96 valence electrons. The van der Waals surface area contributed by atoms with E-state index in [9.17, 15) is 9.59 Å². The van der Waals surface area contributed by atoms with E-state index in [0.29, 0.717) is 5.69 Å². The van der Waals surface area contributed by atoms with Gasteiger partial charge in [0, 0.05) is 6.20 Å². The van der Waals surface area contributed by atoms with Gasteiger partial charge >= 0.3 is 6.03 Å². The van der Waals surface area contributed by atoms with E-state index in [1.165, 1.54) is 0 Å². The second kappa shape index (κ2) is 6.44. The van der Waals surface area contributed by atoms with Crippen molar-refractivity contribution in [2.24, 2.45) is 5.73 Å². The zero-order chi connectivity index (χ0) is 13.5. The minimum absolute atomic E-state index is 0.281. The number of nitrogens with two attached hydrogens (primary N) is 1. The number of amides is 3. The first-order valence-electron chi connectivity index (χ1n) is 5.66. The van der Waals surface area contributed by atoms with Gasteiger partial charge in [0.25, 0.3) is 5.91 Å². The van der Waals surface area contributed by atoms with E-state index >= 15 is 0 Å². The normalized spacial score (nSPS) is 10.9. The number of carbonyl (C=O) groups is 2. The predicted octanol–water partition coefficient (Wildman–Crippen LogP) is 2.22. The Morgan fingerprint density at radius 3 is 2.61 bits per heavy atom. The van der Waals surface area contributed by atoms with Crippen molar-refractivity contribution in [3.8, 4) is 0 Å². The fraction of sp³-hybridized carbons (Fsp3) is 0.231. The van der Waals surface area contributed by atoms with Crippen LogP contribution in [0.1, 0.15) is 30.6 Å². The highest BCUT2D eigenvalue weighted by molar-refractivity contribution is 6.02. The third kappa shape index (κ3) is 3.93. The van der Waals surface area contributed by atoms with E-state index in [1.54, 1.807) is 30.5 Å². The summed E-state index contributed by atoms with van der Waals surface area (Å²) in [7, 11) is 0. The van der Waals surface area contributed by atoms with Crippen molar-refractivity contribution in [1.82, 2.24) is 5.32 Å². The van der Waals surface area contributed by atoms with Crippen molar-refractivity contribution >= 4 is 17.6 Å². The molecule has 0 aromatic heterocycles. The van der Waals surface area contributed by atoms with Crippen molar-refractivity contribution in [1.29, 1.82) is 0 Å². The molecular formula is C13H17N3O2. The van der Waals surface area contributed by atoms with Gasteiger partial charge in [-0.05, 0) is 25.5 Å². The number of urea groups is 1. The van der Waals surface area contributed by atoms with Gasteiger partial charge in [-0.1, -0.05) is 24.6 Å². The molecule has 4 N–H and O–H groups in total. The summed E-state index contributed by atoms with van der Waals surface area (Å²) in [5.41, 5.74) is 6.94. The van der Waals surface area contributed by atoms with Gasteiger partial charge < -0.3 is 16.4 Å². The van der Waals surface area contributed by atoms with Crippen molar-refractivity contribution in [2.45, 2.75) is 20.3 Å². The SMILES string of the molecule is CC/C(C)=C/NC(=O)Nc1ccccc1C(N)=O. The summed E-state index contributed by atoms with van der Waals surface area (Å²) in [4.78, 5) is 22.7. The molecule has 1 aromatic rings. The first-order chi connectivity index (χ1) is 8.54. The second-order valence-corrected chi connectivity index (χ2v) is 3.85. The monoisotopic (exact) mass is 247 g/mol. The Morgan fingerprint density at radius 2 is 2.00 bits per heavy atom. The summed E-state index contributed by atoms with van der Waals surface area (Å²) >= 11 is 0. The molecule has 0 aliphatic carbocycles. The molecule has 5 nitrogen and oxygen atoms in total. The van der Waals surface area contributed by atoms with Crippen LogP contribution in [0.3, 0.4) is 0 Å². The summed E-state index contributed by atoms with van der Waals surface area (Å²) in [5, 5.41) is 5.16. The van der Waals surface area contributed by atoms with E-state index in [-0.39, 0.29) is 5.56 Å². The zero-order valence-electron chi connectivity index (χ0n) is 10.5. The number of nitrogens with one attached hydrogen (secondary N) is 2. The Hall–Kier alpha value is -2.30. The van der Waals surface area contributed by atoms with E-state index in [0.717, 1.165) is 12.0 Å². The van der Waals surface area contributed by atoms with Gasteiger partial charge in [-0.15, -0.1) is 0 Å². The molecule has 0 saturated carbocycles. The van der Waals surface area contributed by atoms with Gasteiger partial charge in [-0.25, -0.2) is 4.79 Å². The Bertz CT molecular complexity index is 481. The summed E-state index contributed by atoms with van der Waals surface area (Å²) in [6.45, 7) is 3.91. The van der Waals surface area contributed by atoms with Crippen molar-refractivity contribution in [2.75, 3.05) is 5.32 Å². The van der Waals surface area contributed by atoms with Crippen LogP contribution in [0.2, 0.25) is 0 Å². The number of hydrogen-bond donors (Lipinski definition) is 3. The second-order valence-electron chi connectivity index (χ2n) is 3.85. The maximum Gasteiger partial charge on any atom is 0.323 e. The van der Waals surface area contributed by atoms with Crippen LogP contribution in [0.5, 0.6) is 0 Å². The topological polar surface area (TPSA) is 84.2 Å². The molecular weight excluding hydrogens is 230 g/mol. The van der Waals surface area contributed by atoms with Crippen LogP contribution < -0.4 is 16.4 Å². The Balaban J connectivity index is 2.73. The quantitative estimate of drug-likeness (QED) is 0.762. The maximum atomic E-state index is 11.6. The molecule has 0 aliphatic rings. The number of benzene rings is 1. The lowest BCUT2D eigenvalue weighted by Gasteiger charge is -2.08. The van der Waals surface area contributed by atoms with Gasteiger partial charge in [0.15, 0.2) is 0 Å². The van der Waals surface area contributed by atoms with Crippen molar-refractivity contribution in [3.05, 3.63) is 41.6 Å². The molecule has 18 heavy (non-hydrogen) atoms. The van der Waals surface area contributed by atoms with Gasteiger partial charge in [-0.2, -0.15) is 0 Å². The molecule has 0 bridgehead atoms. The van der Waals surface area contributed by atoms with E-state index < -0.39 is 11.9 Å². The molecule has 0 heterocycles. The first kappa shape index (κ1) is 13.8. The van der Waals surface area contributed by atoms with Gasteiger partial charge in [0.1, 0.15) is 0 Å². The number of hydrogen-bond acceptors (Lipinski definition) is 2. The number of primary amides is 1. The minimum Gasteiger partial charge on any atom is -0.366 e. The molecule has 1 aromatic carbocycles. The maximum absolute atomic E-state index is 11.6. The summed E-state index contributed by atoms with van der Waals surface area (Å²) in [6.07, 6.45) is 2.49. The molecule has 5 heteroatoms. The van der Waals surface area contributed by atoms with Crippen LogP contribution in [0.4, 0.5) is 10.5 Å². The number of rotatable bonds is 4. The molecule has 0 spiro atoms. The van der Waals surface area contributed by atoms with Crippen molar-refractivity contribution < 1.29 is 9.59 Å². The smallest absolute Gasteiger partial charge is 0.323 e. The molecule has 0 atom stereocenters. The van der Waals surface area contributed by atoms with Crippen LogP contribution in [-0.4, -0.2) is 11.9 Å². The molecule has 3 amide bonds. The summed E-state index contributed by atoms with van der Waals surface area (Å²) < 4.78 is 0. The Kier molecular flexibility index (Phi) is 4.92. The zero-order valence-corrected chi connectivity index (χ0v) is 10.5. The highest BCUT2D eigenvalue weighted by Crippen LogP contribution is 2.13. The van der Waals surface area contributed by atoms with Crippen molar-refractivity contribution in [3.63, 3.8) is 0 Å². The Morgan fingerprint density at radius 1 is 1.33 bits per heavy atom. The number of carbonyl (C=O) groups excluding carboxylic acids is 2. The largest absolute Gasteiger partial charge is 0.366 e. The lowest BCUT2D eigenvalue weighted by Crippen LogP contribution is -2.26. The predicted molar refractivity (Wildman–Crippen MR) is 71.2 cm³/mol. The summed E-state index contributed by atoms with van der Waals surface area (Å²) in [5.74, 6) is -0.578. The fourth-order valence-electron chi connectivity index (χ4n) is 1.26. The van der Waals surface area contributed by atoms with E-state index in [2.05, 4.69) is 10.6 Å².